The number of aromatic amines is 1. The standard InChI is InChI=1S/C7H6N4/c1-2-5-3-6-7(8-4-5)10-11-9-6/h2-4H,1H2,(H,8,9,10,11). The highest BCUT2D eigenvalue weighted by atomic mass is 15.3. The topological polar surface area (TPSA) is 54.5 Å². The number of fused-ring (bicyclic) bond motifs is 1. The van der Waals surface area contributed by atoms with Gasteiger partial charge in [0.2, 0.25) is 5.65 Å². The van der Waals surface area contributed by atoms with E-state index in [1.807, 2.05) is 6.07 Å². The van der Waals surface area contributed by atoms with Crippen LogP contribution in [0.2, 0.25) is 0 Å². The summed E-state index contributed by atoms with van der Waals surface area (Å²) in [6.07, 6.45) is 3.43. The van der Waals surface area contributed by atoms with E-state index in [4.69, 9.17) is 0 Å². The van der Waals surface area contributed by atoms with Gasteiger partial charge < -0.3 is 0 Å². The van der Waals surface area contributed by atoms with Crippen LogP contribution in [-0.4, -0.2) is 20.4 Å². The lowest BCUT2D eigenvalue weighted by Crippen LogP contribution is -1.78. The molecule has 0 atom stereocenters. The Hall–Kier alpha value is -1.71. The normalized spacial score (nSPS) is 10.2. The average Bonchev–Trinajstić information content (AvgIpc) is 2.50. The van der Waals surface area contributed by atoms with Gasteiger partial charge in [0.25, 0.3) is 0 Å². The third kappa shape index (κ3) is 0.881. The Morgan fingerprint density at radius 1 is 1.45 bits per heavy atom. The molecule has 0 bridgehead atoms. The lowest BCUT2D eigenvalue weighted by Gasteiger charge is -1.88. The van der Waals surface area contributed by atoms with Crippen LogP contribution in [0.25, 0.3) is 17.2 Å². The van der Waals surface area contributed by atoms with Crippen molar-refractivity contribution in [2.24, 2.45) is 0 Å². The molecule has 0 amide bonds. The summed E-state index contributed by atoms with van der Waals surface area (Å²) in [5, 5.41) is 10.2. The number of nitrogens with zero attached hydrogens (tertiary/aromatic N) is 3. The summed E-state index contributed by atoms with van der Waals surface area (Å²) < 4.78 is 0. The van der Waals surface area contributed by atoms with E-state index in [0.29, 0.717) is 5.65 Å². The minimum absolute atomic E-state index is 0.635. The number of pyridine rings is 1. The van der Waals surface area contributed by atoms with Crippen LogP contribution in [0, 0.1) is 0 Å². The monoisotopic (exact) mass is 146 g/mol. The number of hydrogen-bond donors (Lipinski definition) is 1. The first-order valence-electron chi connectivity index (χ1n) is 3.19. The summed E-state index contributed by atoms with van der Waals surface area (Å²) in [6.45, 7) is 3.62. The van der Waals surface area contributed by atoms with Gasteiger partial charge in [-0.15, -0.1) is 5.10 Å². The summed E-state index contributed by atoms with van der Waals surface area (Å²) in [5.41, 5.74) is 2.35. The largest absolute Gasteiger partial charge is 0.233 e. The van der Waals surface area contributed by atoms with Crippen molar-refractivity contribution in [2.75, 3.05) is 0 Å². The predicted octanol–water partition coefficient (Wildman–Crippen LogP) is 0.996. The summed E-state index contributed by atoms with van der Waals surface area (Å²) >= 11 is 0. The molecule has 0 saturated heterocycles. The molecule has 4 nitrogen and oxygen atoms in total. The van der Waals surface area contributed by atoms with E-state index in [1.165, 1.54) is 0 Å². The first-order valence-corrected chi connectivity index (χ1v) is 3.19. The minimum Gasteiger partial charge on any atom is -0.233 e. The molecule has 0 spiro atoms. The molecule has 2 aromatic heterocycles. The SMILES string of the molecule is C=Cc1cnc2n[nH]nc2c1. The molecule has 2 aromatic rings. The molecule has 0 aliphatic carbocycles. The molecule has 0 fully saturated rings. The van der Waals surface area contributed by atoms with Gasteiger partial charge in [-0.1, -0.05) is 12.7 Å². The number of nitrogens with one attached hydrogen (secondary N) is 1. The highest BCUT2D eigenvalue weighted by Crippen LogP contribution is 2.07. The summed E-state index contributed by atoms with van der Waals surface area (Å²) in [7, 11) is 0. The molecule has 0 unspecified atom stereocenters. The molecule has 2 rings (SSSR count). The fourth-order valence-electron chi connectivity index (χ4n) is 0.868. The average molecular weight is 146 g/mol. The highest BCUT2D eigenvalue weighted by Gasteiger charge is 1.97. The summed E-state index contributed by atoms with van der Waals surface area (Å²) in [6, 6.07) is 1.87. The molecule has 4 heteroatoms. The van der Waals surface area contributed by atoms with E-state index in [1.54, 1.807) is 12.3 Å². The van der Waals surface area contributed by atoms with Gasteiger partial charge in [-0.05, 0) is 11.6 Å². The van der Waals surface area contributed by atoms with Crippen LogP contribution >= 0.6 is 0 Å². The van der Waals surface area contributed by atoms with Crippen LogP contribution < -0.4 is 0 Å². The number of rotatable bonds is 1. The van der Waals surface area contributed by atoms with E-state index in [2.05, 4.69) is 27.0 Å². The molecule has 2 heterocycles. The second kappa shape index (κ2) is 2.16. The lowest BCUT2D eigenvalue weighted by molar-refractivity contribution is 0.954. The third-order valence-corrected chi connectivity index (χ3v) is 1.43. The second-order valence-electron chi connectivity index (χ2n) is 2.14. The van der Waals surface area contributed by atoms with E-state index < -0.39 is 0 Å². The molecule has 0 aromatic carbocycles. The van der Waals surface area contributed by atoms with Crippen molar-refractivity contribution in [2.45, 2.75) is 0 Å². The molecular weight excluding hydrogens is 140 g/mol. The highest BCUT2D eigenvalue weighted by molar-refractivity contribution is 5.71. The summed E-state index contributed by atoms with van der Waals surface area (Å²) in [4.78, 5) is 4.04. The molecule has 0 saturated carbocycles. The smallest absolute Gasteiger partial charge is 0.201 e. The van der Waals surface area contributed by atoms with Crippen molar-refractivity contribution in [1.29, 1.82) is 0 Å². The number of hydrogen-bond acceptors (Lipinski definition) is 3. The van der Waals surface area contributed by atoms with Crippen molar-refractivity contribution < 1.29 is 0 Å². The van der Waals surface area contributed by atoms with Crippen molar-refractivity contribution >= 4 is 17.2 Å². The van der Waals surface area contributed by atoms with Crippen LogP contribution in [0.4, 0.5) is 0 Å². The Bertz CT molecular complexity index is 390. The maximum atomic E-state index is 4.04. The zero-order valence-corrected chi connectivity index (χ0v) is 5.78. The van der Waals surface area contributed by atoms with Gasteiger partial charge in [0.1, 0.15) is 5.52 Å². The van der Waals surface area contributed by atoms with E-state index in [-0.39, 0.29) is 0 Å². The maximum Gasteiger partial charge on any atom is 0.201 e. The van der Waals surface area contributed by atoms with E-state index >= 15 is 0 Å². The molecule has 11 heavy (non-hydrogen) atoms. The van der Waals surface area contributed by atoms with Crippen molar-refractivity contribution in [3.63, 3.8) is 0 Å². The van der Waals surface area contributed by atoms with Crippen molar-refractivity contribution in [3.05, 3.63) is 24.4 Å². The first-order chi connectivity index (χ1) is 5.40. The van der Waals surface area contributed by atoms with Crippen LogP contribution in [0.3, 0.4) is 0 Å². The molecule has 0 radical (unpaired) electrons. The fraction of sp³-hybridized carbons (Fsp3) is 0. The van der Waals surface area contributed by atoms with Gasteiger partial charge in [-0.2, -0.15) is 10.3 Å². The van der Waals surface area contributed by atoms with Crippen LogP contribution in [0.1, 0.15) is 5.56 Å². The van der Waals surface area contributed by atoms with E-state index in [0.717, 1.165) is 11.1 Å². The van der Waals surface area contributed by atoms with Gasteiger partial charge >= 0.3 is 0 Å². The Morgan fingerprint density at radius 2 is 2.36 bits per heavy atom. The van der Waals surface area contributed by atoms with E-state index in [9.17, 15) is 0 Å². The summed E-state index contributed by atoms with van der Waals surface area (Å²) in [5.74, 6) is 0. The third-order valence-electron chi connectivity index (χ3n) is 1.43. The van der Waals surface area contributed by atoms with Crippen molar-refractivity contribution in [1.82, 2.24) is 20.4 Å². The fourth-order valence-corrected chi connectivity index (χ4v) is 0.868. The zero-order chi connectivity index (χ0) is 7.68. The van der Waals surface area contributed by atoms with Crippen LogP contribution in [0.5, 0.6) is 0 Å². The van der Waals surface area contributed by atoms with Gasteiger partial charge in [-0.3, -0.25) is 0 Å². The van der Waals surface area contributed by atoms with Gasteiger partial charge in [-0.25, -0.2) is 4.98 Å². The molecule has 54 valence electrons. The predicted molar refractivity (Wildman–Crippen MR) is 41.8 cm³/mol. The minimum atomic E-state index is 0.635. The molecule has 0 aliphatic heterocycles. The van der Waals surface area contributed by atoms with Gasteiger partial charge in [0.15, 0.2) is 0 Å². The quantitative estimate of drug-likeness (QED) is 0.652. The van der Waals surface area contributed by atoms with Crippen LogP contribution in [-0.2, 0) is 0 Å². The molecule has 1 N–H and O–H groups in total. The maximum absolute atomic E-state index is 4.04. The van der Waals surface area contributed by atoms with Gasteiger partial charge in [0.05, 0.1) is 0 Å². The van der Waals surface area contributed by atoms with Crippen LogP contribution in [0.15, 0.2) is 18.8 Å². The Morgan fingerprint density at radius 3 is 3.18 bits per heavy atom. The molecular formula is C7H6N4. The second-order valence-corrected chi connectivity index (χ2v) is 2.14. The Balaban J connectivity index is 2.76. The molecule has 0 aliphatic rings. The first kappa shape index (κ1) is 6.03. The zero-order valence-electron chi connectivity index (χ0n) is 5.78. The lowest BCUT2D eigenvalue weighted by atomic mass is 10.3. The Labute approximate surface area is 63.0 Å². The van der Waals surface area contributed by atoms with Gasteiger partial charge in [0, 0.05) is 6.20 Å². The Kier molecular flexibility index (Phi) is 1.18. The number of aromatic nitrogens is 4. The number of H-pyrrole nitrogens is 1. The van der Waals surface area contributed by atoms with Crippen molar-refractivity contribution in [3.8, 4) is 0 Å².